The zero-order chi connectivity index (χ0) is 15.4. The van der Waals surface area contributed by atoms with Crippen LogP contribution >= 0.6 is 0 Å². The van der Waals surface area contributed by atoms with Gasteiger partial charge in [0.25, 0.3) is 5.91 Å². The number of halogens is 2. The molecule has 21 heavy (non-hydrogen) atoms. The molecule has 0 spiro atoms. The molecule has 5 nitrogen and oxygen atoms in total. The van der Waals surface area contributed by atoms with Crippen LogP contribution in [0.3, 0.4) is 0 Å². The topological polar surface area (TPSA) is 75.0 Å². The molecule has 7 heteroatoms. The molecular formula is C14H9F2N3O2. The summed E-state index contributed by atoms with van der Waals surface area (Å²) in [6, 6.07) is 7.47. The first kappa shape index (κ1) is 14.4. The number of rotatable bonds is 3. The molecule has 0 atom stereocenters. The number of ether oxygens (including phenoxy) is 1. The summed E-state index contributed by atoms with van der Waals surface area (Å²) in [6.07, 6.45) is 0.973. The Morgan fingerprint density at radius 2 is 2.14 bits per heavy atom. The lowest BCUT2D eigenvalue weighted by atomic mass is 10.1. The van der Waals surface area contributed by atoms with Crippen molar-refractivity contribution in [2.75, 3.05) is 12.4 Å². The van der Waals surface area contributed by atoms with Gasteiger partial charge in [0.1, 0.15) is 17.5 Å². The summed E-state index contributed by atoms with van der Waals surface area (Å²) in [5, 5.41) is 11.4. The fourth-order valence-corrected chi connectivity index (χ4v) is 1.70. The predicted molar refractivity (Wildman–Crippen MR) is 69.8 cm³/mol. The Labute approximate surface area is 118 Å². The lowest BCUT2D eigenvalue weighted by Crippen LogP contribution is -2.16. The average Bonchev–Trinajstić information content (AvgIpc) is 2.50. The van der Waals surface area contributed by atoms with Gasteiger partial charge in [-0.1, -0.05) is 6.07 Å². The fourth-order valence-electron chi connectivity index (χ4n) is 1.70. The third-order valence-corrected chi connectivity index (χ3v) is 2.70. The van der Waals surface area contributed by atoms with Crippen LogP contribution in [0.5, 0.6) is 5.75 Å². The fraction of sp³-hybridized carbons (Fsp3) is 0.0714. The van der Waals surface area contributed by atoms with Crippen molar-refractivity contribution in [3.05, 3.63) is 53.4 Å². The van der Waals surface area contributed by atoms with Crippen LogP contribution in [0.25, 0.3) is 0 Å². The van der Waals surface area contributed by atoms with Crippen LogP contribution in [0.4, 0.5) is 14.5 Å². The van der Waals surface area contributed by atoms with Crippen LogP contribution in [0.1, 0.15) is 15.9 Å². The number of aromatic nitrogens is 1. The largest absolute Gasteiger partial charge is 0.495 e. The predicted octanol–water partition coefficient (Wildman–Crippen LogP) is 2.49. The van der Waals surface area contributed by atoms with Crippen molar-refractivity contribution in [2.24, 2.45) is 0 Å². The SMILES string of the molecule is COc1cccc(C#N)c1NC(=O)c1ccnc(F)c1F. The summed E-state index contributed by atoms with van der Waals surface area (Å²) >= 11 is 0. The highest BCUT2D eigenvalue weighted by Crippen LogP contribution is 2.28. The number of pyridine rings is 1. The zero-order valence-electron chi connectivity index (χ0n) is 10.9. The average molecular weight is 289 g/mol. The Morgan fingerprint density at radius 3 is 2.81 bits per heavy atom. The van der Waals surface area contributed by atoms with Crippen molar-refractivity contribution in [3.8, 4) is 11.8 Å². The number of methoxy groups -OCH3 is 1. The lowest BCUT2D eigenvalue weighted by Gasteiger charge is -2.11. The van der Waals surface area contributed by atoms with Crippen molar-refractivity contribution in [1.29, 1.82) is 5.26 Å². The Kier molecular flexibility index (Phi) is 4.09. The van der Waals surface area contributed by atoms with Gasteiger partial charge in [-0.05, 0) is 18.2 Å². The van der Waals surface area contributed by atoms with E-state index in [0.29, 0.717) is 0 Å². The first-order valence-electron chi connectivity index (χ1n) is 5.77. The van der Waals surface area contributed by atoms with Gasteiger partial charge in [0.05, 0.1) is 18.2 Å². The second-order valence-corrected chi connectivity index (χ2v) is 3.91. The molecule has 106 valence electrons. The summed E-state index contributed by atoms with van der Waals surface area (Å²) < 4.78 is 31.6. The van der Waals surface area contributed by atoms with Crippen molar-refractivity contribution in [2.45, 2.75) is 0 Å². The zero-order valence-corrected chi connectivity index (χ0v) is 10.9. The number of nitriles is 1. The maximum Gasteiger partial charge on any atom is 0.259 e. The van der Waals surface area contributed by atoms with E-state index in [1.165, 1.54) is 19.2 Å². The Hall–Kier alpha value is -3.01. The maximum atomic E-state index is 13.5. The van der Waals surface area contributed by atoms with Crippen LogP contribution in [0, 0.1) is 23.1 Å². The van der Waals surface area contributed by atoms with Crippen LogP contribution < -0.4 is 10.1 Å². The molecule has 0 unspecified atom stereocenters. The van der Waals surface area contributed by atoms with E-state index in [1.807, 2.05) is 6.07 Å². The van der Waals surface area contributed by atoms with E-state index >= 15 is 0 Å². The normalized spacial score (nSPS) is 9.81. The Bertz CT molecular complexity index is 741. The van der Waals surface area contributed by atoms with Gasteiger partial charge >= 0.3 is 0 Å². The lowest BCUT2D eigenvalue weighted by molar-refractivity contribution is 0.102. The molecule has 0 aliphatic rings. The number of hydrogen-bond donors (Lipinski definition) is 1. The molecule has 2 rings (SSSR count). The maximum absolute atomic E-state index is 13.5. The highest BCUT2D eigenvalue weighted by molar-refractivity contribution is 6.05. The van der Waals surface area contributed by atoms with Crippen molar-refractivity contribution >= 4 is 11.6 Å². The van der Waals surface area contributed by atoms with E-state index in [1.54, 1.807) is 6.07 Å². The Morgan fingerprint density at radius 1 is 1.38 bits per heavy atom. The molecule has 0 saturated carbocycles. The second-order valence-electron chi connectivity index (χ2n) is 3.91. The smallest absolute Gasteiger partial charge is 0.259 e. The quantitative estimate of drug-likeness (QED) is 0.881. The number of benzene rings is 1. The number of carbonyl (C=O) groups is 1. The van der Waals surface area contributed by atoms with Gasteiger partial charge in [0.2, 0.25) is 5.95 Å². The summed E-state index contributed by atoms with van der Waals surface area (Å²) in [5.41, 5.74) is -0.293. The van der Waals surface area contributed by atoms with Gasteiger partial charge in [0.15, 0.2) is 5.82 Å². The van der Waals surface area contributed by atoms with Gasteiger partial charge in [-0.15, -0.1) is 0 Å². The van der Waals surface area contributed by atoms with E-state index in [0.717, 1.165) is 12.3 Å². The van der Waals surface area contributed by atoms with Gasteiger partial charge in [-0.2, -0.15) is 9.65 Å². The molecule has 0 aliphatic carbocycles. The van der Waals surface area contributed by atoms with E-state index in [9.17, 15) is 13.6 Å². The molecule has 1 heterocycles. The second kappa shape index (κ2) is 5.96. The van der Waals surface area contributed by atoms with Crippen LogP contribution in [-0.2, 0) is 0 Å². The van der Waals surface area contributed by atoms with Crippen LogP contribution in [0.2, 0.25) is 0 Å². The number of nitrogens with one attached hydrogen (secondary N) is 1. The monoisotopic (exact) mass is 289 g/mol. The van der Waals surface area contributed by atoms with Gasteiger partial charge in [-0.25, -0.2) is 9.37 Å². The number of amides is 1. The molecule has 1 N–H and O–H groups in total. The van der Waals surface area contributed by atoms with Crippen molar-refractivity contribution in [3.63, 3.8) is 0 Å². The molecular weight excluding hydrogens is 280 g/mol. The minimum atomic E-state index is -1.37. The van der Waals surface area contributed by atoms with E-state index < -0.39 is 23.2 Å². The first-order valence-corrected chi connectivity index (χ1v) is 5.77. The molecule has 0 bridgehead atoms. The molecule has 0 radical (unpaired) electrons. The van der Waals surface area contributed by atoms with Crippen molar-refractivity contribution < 1.29 is 18.3 Å². The minimum Gasteiger partial charge on any atom is -0.495 e. The van der Waals surface area contributed by atoms with E-state index in [2.05, 4.69) is 10.3 Å². The van der Waals surface area contributed by atoms with Crippen LogP contribution in [0.15, 0.2) is 30.5 Å². The third-order valence-electron chi connectivity index (χ3n) is 2.70. The molecule has 2 aromatic rings. The number of nitrogens with zero attached hydrogens (tertiary/aromatic N) is 2. The highest BCUT2D eigenvalue weighted by Gasteiger charge is 2.19. The summed E-state index contributed by atoms with van der Waals surface area (Å²) in [4.78, 5) is 15.1. The number of hydrogen-bond acceptors (Lipinski definition) is 4. The highest BCUT2D eigenvalue weighted by atomic mass is 19.2. The Balaban J connectivity index is 2.41. The summed E-state index contributed by atoms with van der Waals surface area (Å²) in [5.74, 6) is -3.40. The van der Waals surface area contributed by atoms with Gasteiger partial charge in [0, 0.05) is 6.20 Å². The summed E-state index contributed by atoms with van der Waals surface area (Å²) in [6.45, 7) is 0. The van der Waals surface area contributed by atoms with Gasteiger partial charge in [-0.3, -0.25) is 4.79 Å². The van der Waals surface area contributed by atoms with E-state index in [-0.39, 0.29) is 17.0 Å². The number of anilines is 1. The molecule has 0 aliphatic heterocycles. The number of para-hydroxylation sites is 1. The van der Waals surface area contributed by atoms with E-state index in [4.69, 9.17) is 10.00 Å². The van der Waals surface area contributed by atoms with Crippen molar-refractivity contribution in [1.82, 2.24) is 4.98 Å². The summed E-state index contributed by atoms with van der Waals surface area (Å²) in [7, 11) is 1.36. The molecule has 1 amide bonds. The molecule has 1 aromatic carbocycles. The first-order chi connectivity index (χ1) is 10.1. The number of carbonyl (C=O) groups excluding carboxylic acids is 1. The van der Waals surface area contributed by atoms with Gasteiger partial charge < -0.3 is 10.1 Å². The molecule has 1 aromatic heterocycles. The minimum absolute atomic E-state index is 0.0871. The standard InChI is InChI=1S/C14H9F2N3O2/c1-21-10-4-2-3-8(7-17)12(10)19-14(20)9-5-6-18-13(16)11(9)15/h2-6H,1H3,(H,19,20). The molecule has 0 saturated heterocycles. The molecule has 0 fully saturated rings. The van der Waals surface area contributed by atoms with Crippen LogP contribution in [-0.4, -0.2) is 18.0 Å². The third kappa shape index (κ3) is 2.79.